The number of aliphatic carboxylic acids is 1. The van der Waals surface area contributed by atoms with Crippen molar-refractivity contribution in [1.29, 1.82) is 0 Å². The Labute approximate surface area is 87.6 Å². The number of aliphatic hydroxyl groups excluding tert-OH is 1. The first-order chi connectivity index (χ1) is 7.11. The number of nitrogens with two attached hydrogens (primary N) is 1. The number of hydrogen-bond donors (Lipinski definition) is 5. The van der Waals surface area contributed by atoms with Gasteiger partial charge in [-0.25, -0.2) is 5.43 Å². The molecule has 0 fully saturated rings. The van der Waals surface area contributed by atoms with Gasteiger partial charge in [-0.2, -0.15) is 0 Å². The fourth-order valence-electron chi connectivity index (χ4n) is 0.957. The minimum atomic E-state index is -1.05. The van der Waals surface area contributed by atoms with Gasteiger partial charge in [0.25, 0.3) is 5.91 Å². The summed E-state index contributed by atoms with van der Waals surface area (Å²) in [6, 6.07) is -0.855. The molecule has 15 heavy (non-hydrogen) atoms. The van der Waals surface area contributed by atoms with Crippen LogP contribution in [0.5, 0.6) is 0 Å². The molecule has 7 heteroatoms. The number of carboxylic acid groups (broad SMARTS) is 1. The van der Waals surface area contributed by atoms with E-state index in [0.717, 1.165) is 6.42 Å². The number of amides is 1. The Morgan fingerprint density at radius 1 is 1.33 bits per heavy atom. The highest BCUT2D eigenvalue weighted by Gasteiger charge is 2.16. The average molecular weight is 219 g/mol. The summed E-state index contributed by atoms with van der Waals surface area (Å²) in [6.45, 7) is -0.169. The predicted octanol–water partition coefficient (Wildman–Crippen LogP) is -1.82. The van der Waals surface area contributed by atoms with E-state index < -0.39 is 24.5 Å². The molecule has 7 nitrogen and oxygen atoms in total. The second-order valence-corrected chi connectivity index (χ2v) is 3.03. The number of carbonyl (C=O) groups is 2. The van der Waals surface area contributed by atoms with Crippen LogP contribution < -0.4 is 16.6 Å². The van der Waals surface area contributed by atoms with Crippen LogP contribution in [0.3, 0.4) is 0 Å². The Morgan fingerprint density at radius 2 is 2.00 bits per heavy atom. The molecule has 0 heterocycles. The molecule has 88 valence electrons. The first-order valence-electron chi connectivity index (χ1n) is 4.70. The number of hydrogen-bond acceptors (Lipinski definition) is 5. The number of unbranched alkanes of at least 4 members (excludes halogenated alkanes) is 1. The minimum absolute atomic E-state index is 0.373. The Morgan fingerprint density at radius 3 is 2.47 bits per heavy atom. The van der Waals surface area contributed by atoms with Crippen LogP contribution in [0.25, 0.3) is 0 Å². The summed E-state index contributed by atoms with van der Waals surface area (Å²) in [6.07, 6.45) is 1.77. The number of hydrazine groups is 1. The predicted molar refractivity (Wildman–Crippen MR) is 52.7 cm³/mol. The van der Waals surface area contributed by atoms with Gasteiger partial charge in [0.05, 0.1) is 0 Å². The lowest BCUT2D eigenvalue weighted by Gasteiger charge is -2.14. The number of carbonyl (C=O) groups excluding carboxylic acids is 1. The van der Waals surface area contributed by atoms with Gasteiger partial charge in [0.15, 0.2) is 0 Å². The molecule has 0 saturated carbocycles. The quantitative estimate of drug-likeness (QED) is 0.242. The fourth-order valence-corrected chi connectivity index (χ4v) is 0.957. The third-order valence-electron chi connectivity index (χ3n) is 1.77. The Balaban J connectivity index is 3.83. The second-order valence-electron chi connectivity index (χ2n) is 3.03. The van der Waals surface area contributed by atoms with Crippen LogP contribution in [0.1, 0.15) is 19.3 Å². The summed E-state index contributed by atoms with van der Waals surface area (Å²) in [5.41, 5.74) is 9.68. The van der Waals surface area contributed by atoms with Crippen LogP contribution in [0.4, 0.5) is 0 Å². The highest BCUT2D eigenvalue weighted by atomic mass is 16.4. The van der Waals surface area contributed by atoms with Crippen molar-refractivity contribution in [3.8, 4) is 0 Å². The van der Waals surface area contributed by atoms with Crippen molar-refractivity contribution in [2.24, 2.45) is 5.73 Å². The minimum Gasteiger partial charge on any atom is -0.480 e. The van der Waals surface area contributed by atoms with E-state index in [-0.39, 0.29) is 0 Å². The van der Waals surface area contributed by atoms with E-state index in [4.69, 9.17) is 15.9 Å². The molecule has 0 saturated heterocycles. The number of aliphatic hydroxyl groups is 1. The number of rotatable bonds is 8. The summed E-state index contributed by atoms with van der Waals surface area (Å²) in [4.78, 5) is 21.3. The summed E-state index contributed by atoms with van der Waals surface area (Å²) in [5, 5.41) is 17.1. The molecule has 0 spiro atoms. The Bertz CT molecular complexity index is 210. The Hall–Kier alpha value is -1.18. The van der Waals surface area contributed by atoms with Gasteiger partial charge in [0, 0.05) is 0 Å². The smallest absolute Gasteiger partial charge is 0.322 e. The topological polar surface area (TPSA) is 125 Å². The maximum atomic E-state index is 10.7. The summed E-state index contributed by atoms with van der Waals surface area (Å²) in [7, 11) is 0. The lowest BCUT2D eigenvalue weighted by molar-refractivity contribution is -0.140. The van der Waals surface area contributed by atoms with Crippen LogP contribution in [-0.4, -0.2) is 41.3 Å². The molecule has 0 aromatic heterocycles. The molecule has 1 atom stereocenters. The second kappa shape index (κ2) is 8.16. The lowest BCUT2D eigenvalue weighted by atomic mass is 10.1. The van der Waals surface area contributed by atoms with Gasteiger partial charge in [-0.15, -0.1) is 0 Å². The molecule has 0 unspecified atom stereocenters. The van der Waals surface area contributed by atoms with Gasteiger partial charge < -0.3 is 15.9 Å². The van der Waals surface area contributed by atoms with Crippen molar-refractivity contribution in [3.63, 3.8) is 0 Å². The highest BCUT2D eigenvalue weighted by molar-refractivity contribution is 5.78. The van der Waals surface area contributed by atoms with Crippen molar-refractivity contribution in [2.75, 3.05) is 13.2 Å². The lowest BCUT2D eigenvalue weighted by Crippen LogP contribution is -2.49. The van der Waals surface area contributed by atoms with Crippen molar-refractivity contribution >= 4 is 11.9 Å². The van der Waals surface area contributed by atoms with Gasteiger partial charge in [-0.1, -0.05) is 0 Å². The summed E-state index contributed by atoms with van der Waals surface area (Å²) < 4.78 is 0. The number of carboxylic acids is 1. The van der Waals surface area contributed by atoms with Crippen LogP contribution >= 0.6 is 0 Å². The first-order valence-corrected chi connectivity index (χ1v) is 4.70. The SMILES string of the molecule is NCCCC[C@H](NNC(=O)CO)C(=O)O. The monoisotopic (exact) mass is 219 g/mol. The van der Waals surface area contributed by atoms with Crippen LogP contribution in [0.2, 0.25) is 0 Å². The molecule has 0 bridgehead atoms. The van der Waals surface area contributed by atoms with Gasteiger partial charge >= 0.3 is 5.97 Å². The molecular weight excluding hydrogens is 202 g/mol. The molecular formula is C8H17N3O4. The van der Waals surface area contributed by atoms with E-state index in [9.17, 15) is 9.59 Å². The molecule has 0 radical (unpaired) electrons. The number of nitrogens with one attached hydrogen (secondary N) is 2. The van der Waals surface area contributed by atoms with Crippen LogP contribution in [-0.2, 0) is 9.59 Å². The van der Waals surface area contributed by atoms with Gasteiger partial charge in [-0.05, 0) is 25.8 Å². The van der Waals surface area contributed by atoms with E-state index in [0.29, 0.717) is 19.4 Å². The first kappa shape index (κ1) is 13.8. The third kappa shape index (κ3) is 6.83. The van der Waals surface area contributed by atoms with Gasteiger partial charge in [0.1, 0.15) is 12.6 Å². The maximum Gasteiger partial charge on any atom is 0.322 e. The highest BCUT2D eigenvalue weighted by Crippen LogP contribution is 1.99. The molecule has 6 N–H and O–H groups in total. The zero-order valence-corrected chi connectivity index (χ0v) is 8.40. The van der Waals surface area contributed by atoms with E-state index in [1.54, 1.807) is 0 Å². The third-order valence-corrected chi connectivity index (χ3v) is 1.77. The maximum absolute atomic E-state index is 10.7. The van der Waals surface area contributed by atoms with Crippen molar-refractivity contribution in [2.45, 2.75) is 25.3 Å². The van der Waals surface area contributed by atoms with Gasteiger partial charge in [0.2, 0.25) is 0 Å². The Kier molecular flexibility index (Phi) is 7.51. The van der Waals surface area contributed by atoms with E-state index >= 15 is 0 Å². The fraction of sp³-hybridized carbons (Fsp3) is 0.750. The molecule has 0 aliphatic heterocycles. The van der Waals surface area contributed by atoms with Crippen LogP contribution in [0, 0.1) is 0 Å². The van der Waals surface area contributed by atoms with Crippen molar-refractivity contribution < 1.29 is 19.8 Å². The van der Waals surface area contributed by atoms with Crippen molar-refractivity contribution in [1.82, 2.24) is 10.9 Å². The summed E-state index contributed by atoms with van der Waals surface area (Å²) in [5.74, 6) is -1.72. The molecule has 0 aromatic rings. The molecule has 1 amide bonds. The average Bonchev–Trinajstić information content (AvgIpc) is 2.22. The standard InChI is InChI=1S/C8H17N3O4/c9-4-2-1-3-6(8(14)15)10-11-7(13)5-12/h6,10,12H,1-5,9H2,(H,11,13)(H,14,15)/t6-/m0/s1. The normalized spacial score (nSPS) is 12.1. The molecule has 0 aromatic carbocycles. The zero-order valence-electron chi connectivity index (χ0n) is 8.40. The van der Waals surface area contributed by atoms with E-state index in [1.807, 2.05) is 0 Å². The zero-order chi connectivity index (χ0) is 11.7. The van der Waals surface area contributed by atoms with Crippen LogP contribution in [0.15, 0.2) is 0 Å². The largest absolute Gasteiger partial charge is 0.480 e. The van der Waals surface area contributed by atoms with E-state index in [1.165, 1.54) is 0 Å². The molecule has 0 aliphatic rings. The summed E-state index contributed by atoms with van der Waals surface area (Å²) >= 11 is 0. The van der Waals surface area contributed by atoms with E-state index in [2.05, 4.69) is 10.9 Å². The molecule has 0 rings (SSSR count). The van der Waals surface area contributed by atoms with Crippen molar-refractivity contribution in [3.05, 3.63) is 0 Å². The van der Waals surface area contributed by atoms with Gasteiger partial charge in [-0.3, -0.25) is 15.0 Å². The molecule has 0 aliphatic carbocycles.